The van der Waals surface area contributed by atoms with Gasteiger partial charge in [-0.1, -0.05) is 127 Å². The summed E-state index contributed by atoms with van der Waals surface area (Å²) in [6, 6.07) is 48.8. The van der Waals surface area contributed by atoms with Crippen LogP contribution in [-0.2, 0) is 5.41 Å². The van der Waals surface area contributed by atoms with Crippen LogP contribution >= 0.6 is 0 Å². The zero-order valence-electron chi connectivity index (χ0n) is 19.7. The van der Waals surface area contributed by atoms with Crippen LogP contribution in [0.5, 0.6) is 0 Å². The Bertz CT molecular complexity index is 1890. The molecule has 1 aliphatic rings. The van der Waals surface area contributed by atoms with Gasteiger partial charge in [-0.2, -0.15) is 0 Å². The fourth-order valence-electron chi connectivity index (χ4n) is 6.75. The number of aromatic nitrogens is 1. The van der Waals surface area contributed by atoms with E-state index in [4.69, 9.17) is 0 Å². The molecule has 0 aliphatic heterocycles. The average molecular weight is 458 g/mol. The van der Waals surface area contributed by atoms with Crippen molar-refractivity contribution in [3.63, 3.8) is 0 Å². The Kier molecular flexibility index (Phi) is 3.93. The lowest BCUT2D eigenvalue weighted by Crippen LogP contribution is -2.28. The minimum Gasteiger partial charge on any atom is -0.354 e. The molecule has 0 spiro atoms. The number of para-hydroxylation sites is 1. The largest absolute Gasteiger partial charge is 0.354 e. The van der Waals surface area contributed by atoms with Gasteiger partial charge >= 0.3 is 0 Å². The number of nitrogens with one attached hydrogen (secondary N) is 1. The van der Waals surface area contributed by atoms with Gasteiger partial charge in [0.15, 0.2) is 0 Å². The van der Waals surface area contributed by atoms with Crippen molar-refractivity contribution in [1.82, 2.24) is 4.98 Å². The maximum atomic E-state index is 3.88. The van der Waals surface area contributed by atoms with Crippen LogP contribution in [0.1, 0.15) is 22.3 Å². The predicted molar refractivity (Wildman–Crippen MR) is 151 cm³/mol. The standard InChI is InChI=1S/C35H23N/c1-3-13-23(14-4-1)35(24-15-5-2-6-16-24)32-28-20-10-8-18-26(28)25-17-7-9-19-27(25)31(32)34-33(35)29-21-11-12-22-30(29)36-34/h1-22,36H. The second kappa shape index (κ2) is 7.19. The molecular formula is C35H23N. The van der Waals surface area contributed by atoms with Gasteiger partial charge in [-0.25, -0.2) is 0 Å². The summed E-state index contributed by atoms with van der Waals surface area (Å²) in [5, 5.41) is 6.50. The zero-order valence-corrected chi connectivity index (χ0v) is 19.7. The number of aromatic amines is 1. The van der Waals surface area contributed by atoms with Crippen LogP contribution in [0.25, 0.3) is 43.7 Å². The SMILES string of the molecule is c1ccc(C2(c3ccccc3)c3c([nH]c4ccccc34)-c3c2c2ccccc2c2ccccc32)cc1. The van der Waals surface area contributed by atoms with E-state index in [0.29, 0.717) is 0 Å². The third-order valence-electron chi connectivity index (χ3n) is 8.05. The third kappa shape index (κ3) is 2.35. The Balaban J connectivity index is 1.73. The summed E-state index contributed by atoms with van der Waals surface area (Å²) in [4.78, 5) is 3.88. The number of fused-ring (bicyclic) bond motifs is 10. The fourth-order valence-corrected chi connectivity index (χ4v) is 6.75. The van der Waals surface area contributed by atoms with Gasteiger partial charge in [0.2, 0.25) is 0 Å². The van der Waals surface area contributed by atoms with E-state index in [1.54, 1.807) is 0 Å². The van der Waals surface area contributed by atoms with Crippen molar-refractivity contribution in [2.24, 2.45) is 0 Å². The van der Waals surface area contributed by atoms with Gasteiger partial charge in [0, 0.05) is 22.0 Å². The van der Waals surface area contributed by atoms with E-state index in [1.807, 2.05) is 0 Å². The van der Waals surface area contributed by atoms with Crippen LogP contribution in [0, 0.1) is 0 Å². The maximum Gasteiger partial charge on any atom is 0.0741 e. The van der Waals surface area contributed by atoms with E-state index in [1.165, 1.54) is 66.0 Å². The summed E-state index contributed by atoms with van der Waals surface area (Å²) >= 11 is 0. The average Bonchev–Trinajstić information content (AvgIpc) is 3.48. The first-order valence-electron chi connectivity index (χ1n) is 12.6. The van der Waals surface area contributed by atoms with Crippen LogP contribution in [0.15, 0.2) is 133 Å². The molecule has 0 saturated heterocycles. The molecule has 6 aromatic carbocycles. The lowest BCUT2D eigenvalue weighted by atomic mass is 9.66. The number of benzene rings is 6. The van der Waals surface area contributed by atoms with Crippen LogP contribution in [0.2, 0.25) is 0 Å². The highest BCUT2D eigenvalue weighted by molar-refractivity contribution is 6.20. The van der Waals surface area contributed by atoms with Gasteiger partial charge in [0.25, 0.3) is 0 Å². The highest BCUT2D eigenvalue weighted by Gasteiger charge is 2.50. The molecule has 0 bridgehead atoms. The van der Waals surface area contributed by atoms with E-state index >= 15 is 0 Å². The van der Waals surface area contributed by atoms with Crippen LogP contribution in [0.3, 0.4) is 0 Å². The quantitative estimate of drug-likeness (QED) is 0.250. The second-order valence-electron chi connectivity index (χ2n) is 9.74. The fraction of sp³-hybridized carbons (Fsp3) is 0.0286. The van der Waals surface area contributed by atoms with Crippen molar-refractivity contribution in [1.29, 1.82) is 0 Å². The molecule has 1 aromatic heterocycles. The first kappa shape index (κ1) is 19.7. The Morgan fingerprint density at radius 1 is 0.389 bits per heavy atom. The van der Waals surface area contributed by atoms with Crippen molar-refractivity contribution in [2.75, 3.05) is 0 Å². The lowest BCUT2D eigenvalue weighted by Gasteiger charge is -2.34. The van der Waals surface area contributed by atoms with Crippen LogP contribution < -0.4 is 0 Å². The first-order chi connectivity index (χ1) is 17.9. The molecular weight excluding hydrogens is 434 g/mol. The molecule has 1 heterocycles. The Hall–Kier alpha value is -4.62. The molecule has 0 amide bonds. The number of H-pyrrole nitrogens is 1. The summed E-state index contributed by atoms with van der Waals surface area (Å²) < 4.78 is 0. The van der Waals surface area contributed by atoms with Gasteiger partial charge in [-0.3, -0.25) is 0 Å². The van der Waals surface area contributed by atoms with Gasteiger partial charge in [0.05, 0.1) is 11.1 Å². The minimum atomic E-state index is -0.448. The van der Waals surface area contributed by atoms with Crippen LogP contribution in [-0.4, -0.2) is 4.98 Å². The second-order valence-corrected chi connectivity index (χ2v) is 9.74. The molecule has 1 N–H and O–H groups in total. The predicted octanol–water partition coefficient (Wildman–Crippen LogP) is 8.84. The molecule has 0 fully saturated rings. The normalized spacial score (nSPS) is 13.8. The molecule has 36 heavy (non-hydrogen) atoms. The third-order valence-corrected chi connectivity index (χ3v) is 8.05. The molecule has 1 aliphatic carbocycles. The van der Waals surface area contributed by atoms with Crippen molar-refractivity contribution in [3.8, 4) is 11.3 Å². The topological polar surface area (TPSA) is 15.8 Å². The van der Waals surface area contributed by atoms with Gasteiger partial charge in [-0.15, -0.1) is 0 Å². The Morgan fingerprint density at radius 3 is 1.50 bits per heavy atom. The smallest absolute Gasteiger partial charge is 0.0741 e. The monoisotopic (exact) mass is 457 g/mol. The van der Waals surface area contributed by atoms with Crippen molar-refractivity contribution < 1.29 is 0 Å². The molecule has 0 radical (unpaired) electrons. The summed E-state index contributed by atoms with van der Waals surface area (Å²) in [6.07, 6.45) is 0. The van der Waals surface area contributed by atoms with E-state index in [9.17, 15) is 0 Å². The van der Waals surface area contributed by atoms with Crippen molar-refractivity contribution in [2.45, 2.75) is 5.41 Å². The Labute approximate surface area is 209 Å². The highest BCUT2D eigenvalue weighted by atomic mass is 14.8. The zero-order chi connectivity index (χ0) is 23.7. The van der Waals surface area contributed by atoms with Crippen molar-refractivity contribution >= 4 is 32.4 Å². The minimum absolute atomic E-state index is 0.448. The molecule has 0 saturated carbocycles. The van der Waals surface area contributed by atoms with E-state index < -0.39 is 5.41 Å². The molecule has 1 heteroatoms. The first-order valence-corrected chi connectivity index (χ1v) is 12.6. The molecule has 8 rings (SSSR count). The summed E-state index contributed by atoms with van der Waals surface area (Å²) in [5.41, 5.74) is 8.61. The Morgan fingerprint density at radius 2 is 0.861 bits per heavy atom. The lowest BCUT2D eigenvalue weighted by molar-refractivity contribution is 0.783. The summed E-state index contributed by atoms with van der Waals surface area (Å²) in [5.74, 6) is 0. The summed E-state index contributed by atoms with van der Waals surface area (Å²) in [7, 11) is 0. The highest BCUT2D eigenvalue weighted by Crippen LogP contribution is 2.61. The number of rotatable bonds is 2. The number of hydrogen-bond donors (Lipinski definition) is 1. The van der Waals surface area contributed by atoms with E-state index in [2.05, 4.69) is 138 Å². The van der Waals surface area contributed by atoms with E-state index in [0.717, 1.165) is 0 Å². The molecule has 168 valence electrons. The maximum absolute atomic E-state index is 3.88. The molecule has 7 aromatic rings. The summed E-state index contributed by atoms with van der Waals surface area (Å²) in [6.45, 7) is 0. The van der Waals surface area contributed by atoms with Crippen molar-refractivity contribution in [3.05, 3.63) is 156 Å². The van der Waals surface area contributed by atoms with Gasteiger partial charge in [-0.05, 0) is 44.3 Å². The van der Waals surface area contributed by atoms with Gasteiger partial charge < -0.3 is 4.98 Å². The van der Waals surface area contributed by atoms with Gasteiger partial charge in [0.1, 0.15) is 0 Å². The molecule has 1 nitrogen and oxygen atoms in total. The molecule has 0 unspecified atom stereocenters. The van der Waals surface area contributed by atoms with Crippen LogP contribution in [0.4, 0.5) is 0 Å². The number of hydrogen-bond acceptors (Lipinski definition) is 0. The molecule has 0 atom stereocenters. The van der Waals surface area contributed by atoms with E-state index in [-0.39, 0.29) is 0 Å².